The largest absolute Gasteiger partial charge is 0.321 e. The van der Waals surface area contributed by atoms with Crippen molar-refractivity contribution in [2.45, 2.75) is 6.42 Å². The van der Waals surface area contributed by atoms with Crippen LogP contribution in [0.1, 0.15) is 11.4 Å². The van der Waals surface area contributed by atoms with Crippen LogP contribution in [0.5, 0.6) is 0 Å². The summed E-state index contributed by atoms with van der Waals surface area (Å²) in [6.45, 7) is 0. The summed E-state index contributed by atoms with van der Waals surface area (Å²) in [6, 6.07) is 9.44. The molecular weight excluding hydrogens is 310 g/mol. The Morgan fingerprint density at radius 2 is 2.04 bits per heavy atom. The Bertz CT molecular complexity index is 1040. The van der Waals surface area contributed by atoms with Crippen LogP contribution < -0.4 is 5.56 Å². The fourth-order valence-electron chi connectivity index (χ4n) is 2.49. The van der Waals surface area contributed by atoms with Crippen molar-refractivity contribution in [1.29, 1.82) is 0 Å². The molecule has 112 valence electrons. The Hall–Kier alpha value is -2.86. The maximum atomic E-state index is 12.3. The molecule has 0 aliphatic carbocycles. The van der Waals surface area contributed by atoms with Crippen LogP contribution >= 0.6 is 11.3 Å². The minimum Gasteiger partial charge on any atom is -0.321 e. The van der Waals surface area contributed by atoms with E-state index in [2.05, 4.69) is 15.0 Å². The average Bonchev–Trinajstić information content (AvgIpc) is 3.04. The fourth-order valence-corrected chi connectivity index (χ4v) is 3.31. The zero-order valence-corrected chi connectivity index (χ0v) is 12.8. The molecule has 5 nitrogen and oxygen atoms in total. The van der Waals surface area contributed by atoms with Crippen LogP contribution in [-0.2, 0) is 4.79 Å². The molecular formula is C17H11N3O2S. The van der Waals surface area contributed by atoms with Crippen molar-refractivity contribution in [3.05, 3.63) is 63.2 Å². The summed E-state index contributed by atoms with van der Waals surface area (Å²) < 4.78 is 0. The Balaban J connectivity index is 1.79. The minimum atomic E-state index is -0.272. The van der Waals surface area contributed by atoms with Crippen LogP contribution in [-0.4, -0.2) is 21.6 Å². The van der Waals surface area contributed by atoms with Gasteiger partial charge in [0.1, 0.15) is 5.01 Å². The van der Waals surface area contributed by atoms with Crippen molar-refractivity contribution in [1.82, 2.24) is 9.97 Å². The van der Waals surface area contributed by atoms with E-state index < -0.39 is 0 Å². The summed E-state index contributed by atoms with van der Waals surface area (Å²) in [5.41, 5.74) is 2.38. The first-order chi connectivity index (χ1) is 11.2. The Kier molecular flexibility index (Phi) is 3.24. The number of amides is 1. The van der Waals surface area contributed by atoms with Crippen LogP contribution in [0, 0.1) is 0 Å². The lowest BCUT2D eigenvalue weighted by Gasteiger charge is -2.02. The summed E-state index contributed by atoms with van der Waals surface area (Å²) in [5.74, 6) is -0.272. The molecule has 3 heterocycles. The highest BCUT2D eigenvalue weighted by atomic mass is 32.1. The molecule has 0 bridgehead atoms. The predicted octanol–water partition coefficient (Wildman–Crippen LogP) is 2.93. The van der Waals surface area contributed by atoms with Gasteiger partial charge in [-0.25, -0.2) is 9.98 Å². The van der Waals surface area contributed by atoms with Gasteiger partial charge in [0.05, 0.1) is 17.0 Å². The van der Waals surface area contributed by atoms with Crippen molar-refractivity contribution >= 4 is 33.9 Å². The Morgan fingerprint density at radius 3 is 2.91 bits per heavy atom. The molecule has 0 saturated heterocycles. The second-order valence-corrected chi connectivity index (χ2v) is 6.00. The number of aliphatic imine (C=N–C) groups is 1. The number of rotatable bonds is 2. The molecule has 1 aliphatic heterocycles. The van der Waals surface area contributed by atoms with Crippen molar-refractivity contribution in [2.75, 3.05) is 0 Å². The van der Waals surface area contributed by atoms with E-state index in [1.54, 1.807) is 6.08 Å². The number of pyridine rings is 1. The highest BCUT2D eigenvalue weighted by Gasteiger charge is 2.15. The molecule has 3 aromatic rings. The van der Waals surface area contributed by atoms with Crippen molar-refractivity contribution in [3.63, 3.8) is 0 Å². The first-order valence-electron chi connectivity index (χ1n) is 7.07. The monoisotopic (exact) mass is 321 g/mol. The molecule has 0 spiro atoms. The third-order valence-electron chi connectivity index (χ3n) is 3.60. The van der Waals surface area contributed by atoms with Crippen LogP contribution in [0.3, 0.4) is 0 Å². The van der Waals surface area contributed by atoms with E-state index in [9.17, 15) is 9.59 Å². The number of hydrogen-bond donors (Lipinski definition) is 1. The standard InChI is InChI=1S/C17H11N3O2S/c21-15-7-3-6-13(18-15)17-20-14(9-23-17)11-8-10-4-1-2-5-12(10)19-16(11)22/h1-5,7-9H,6H2,(H,19,22). The molecule has 0 unspecified atom stereocenters. The number of carbonyl (C=O) groups excluding carboxylic acids is 1. The summed E-state index contributed by atoms with van der Waals surface area (Å²) >= 11 is 1.39. The molecule has 0 atom stereocenters. The van der Waals surface area contributed by atoms with Gasteiger partial charge in [-0.1, -0.05) is 24.3 Å². The lowest BCUT2D eigenvalue weighted by atomic mass is 10.1. The number of nitrogens with one attached hydrogen (secondary N) is 1. The first-order valence-corrected chi connectivity index (χ1v) is 7.95. The Labute approximate surface area is 135 Å². The number of fused-ring (bicyclic) bond motifs is 1. The quantitative estimate of drug-likeness (QED) is 0.788. The smallest absolute Gasteiger partial charge is 0.269 e. The van der Waals surface area contributed by atoms with E-state index >= 15 is 0 Å². The predicted molar refractivity (Wildman–Crippen MR) is 91.0 cm³/mol. The maximum Gasteiger partial charge on any atom is 0.269 e. The van der Waals surface area contributed by atoms with Gasteiger partial charge in [-0.2, -0.15) is 0 Å². The van der Waals surface area contributed by atoms with Crippen molar-refractivity contribution in [2.24, 2.45) is 4.99 Å². The molecule has 6 heteroatoms. The number of thiazole rings is 1. The van der Waals surface area contributed by atoms with Gasteiger partial charge in [-0.15, -0.1) is 11.3 Å². The number of aromatic amines is 1. The molecule has 4 rings (SSSR count). The number of nitrogens with zero attached hydrogens (tertiary/aromatic N) is 2. The lowest BCUT2D eigenvalue weighted by molar-refractivity contribution is -0.113. The fraction of sp³-hybridized carbons (Fsp3) is 0.0588. The number of carbonyl (C=O) groups is 1. The third kappa shape index (κ3) is 2.53. The highest BCUT2D eigenvalue weighted by Crippen LogP contribution is 2.23. The molecule has 0 saturated carbocycles. The molecule has 1 aliphatic rings. The number of aromatic nitrogens is 2. The molecule has 1 aromatic carbocycles. The van der Waals surface area contributed by atoms with Crippen LogP contribution in [0.2, 0.25) is 0 Å². The molecule has 23 heavy (non-hydrogen) atoms. The van der Waals surface area contributed by atoms with Crippen molar-refractivity contribution < 1.29 is 4.79 Å². The summed E-state index contributed by atoms with van der Waals surface area (Å²) in [5, 5.41) is 3.44. The van der Waals surface area contributed by atoms with Gasteiger partial charge in [0.25, 0.3) is 11.5 Å². The molecule has 1 amide bonds. The molecule has 0 radical (unpaired) electrons. The number of benzene rings is 1. The molecule has 2 aromatic heterocycles. The number of H-pyrrole nitrogens is 1. The highest BCUT2D eigenvalue weighted by molar-refractivity contribution is 7.12. The number of allylic oxidation sites excluding steroid dienone is 1. The van der Waals surface area contributed by atoms with E-state index in [1.165, 1.54) is 17.4 Å². The Morgan fingerprint density at radius 1 is 1.17 bits per heavy atom. The van der Waals surface area contributed by atoms with E-state index in [0.717, 1.165) is 10.9 Å². The van der Waals surface area contributed by atoms with Gasteiger partial charge < -0.3 is 4.98 Å². The van der Waals surface area contributed by atoms with Crippen LogP contribution in [0.25, 0.3) is 22.2 Å². The van der Waals surface area contributed by atoms with E-state index in [1.807, 2.05) is 35.7 Å². The lowest BCUT2D eigenvalue weighted by Crippen LogP contribution is -2.10. The zero-order valence-electron chi connectivity index (χ0n) is 11.9. The normalized spacial score (nSPS) is 14.3. The SMILES string of the molecule is O=C1C=CCC(c2nc(-c3cc4ccccc4[nH]c3=O)cs2)=N1. The topological polar surface area (TPSA) is 75.2 Å². The number of dihydropyridines is 1. The van der Waals surface area contributed by atoms with E-state index in [0.29, 0.717) is 28.4 Å². The van der Waals surface area contributed by atoms with Crippen LogP contribution in [0.4, 0.5) is 0 Å². The summed E-state index contributed by atoms with van der Waals surface area (Å²) in [7, 11) is 0. The van der Waals surface area contributed by atoms with E-state index in [4.69, 9.17) is 0 Å². The van der Waals surface area contributed by atoms with Gasteiger partial charge in [-0.3, -0.25) is 9.59 Å². The number of hydrogen-bond acceptors (Lipinski definition) is 4. The third-order valence-corrected chi connectivity index (χ3v) is 4.49. The van der Waals surface area contributed by atoms with Gasteiger partial charge in [0.15, 0.2) is 0 Å². The van der Waals surface area contributed by atoms with Gasteiger partial charge >= 0.3 is 0 Å². The molecule has 0 fully saturated rings. The average molecular weight is 321 g/mol. The zero-order chi connectivity index (χ0) is 15.8. The number of para-hydroxylation sites is 1. The second-order valence-electron chi connectivity index (χ2n) is 5.14. The van der Waals surface area contributed by atoms with Crippen LogP contribution in [0.15, 0.2) is 57.7 Å². The first kappa shape index (κ1) is 13.8. The minimum absolute atomic E-state index is 0.179. The van der Waals surface area contributed by atoms with Crippen molar-refractivity contribution in [3.8, 4) is 11.3 Å². The van der Waals surface area contributed by atoms with Gasteiger partial charge in [0, 0.05) is 23.4 Å². The van der Waals surface area contributed by atoms with E-state index in [-0.39, 0.29) is 11.5 Å². The maximum absolute atomic E-state index is 12.3. The summed E-state index contributed by atoms with van der Waals surface area (Å²) in [4.78, 5) is 35.0. The van der Waals surface area contributed by atoms with Gasteiger partial charge in [0.2, 0.25) is 0 Å². The molecule has 1 N–H and O–H groups in total. The van der Waals surface area contributed by atoms with Gasteiger partial charge in [-0.05, 0) is 17.5 Å². The summed E-state index contributed by atoms with van der Waals surface area (Å²) in [6.07, 6.45) is 3.80. The second kappa shape index (κ2) is 5.40.